The number of nitro groups is 1. The molecular weight excluding hydrogens is 358 g/mol. The summed E-state index contributed by atoms with van der Waals surface area (Å²) in [5.74, 6) is -0.126. The van der Waals surface area contributed by atoms with Crippen molar-refractivity contribution in [2.24, 2.45) is 0 Å². The van der Waals surface area contributed by atoms with Gasteiger partial charge in [-0.25, -0.2) is 0 Å². The van der Waals surface area contributed by atoms with Gasteiger partial charge in [0.2, 0.25) is 0 Å². The van der Waals surface area contributed by atoms with Crippen molar-refractivity contribution in [2.75, 3.05) is 32.1 Å². The number of rotatable bonds is 6. The Morgan fingerprint density at radius 3 is 2.57 bits per heavy atom. The van der Waals surface area contributed by atoms with Crippen LogP contribution < -0.4 is 9.64 Å². The molecular formula is C21H25N3O4. The van der Waals surface area contributed by atoms with Crippen LogP contribution in [0.3, 0.4) is 0 Å². The number of methoxy groups -OCH3 is 1. The van der Waals surface area contributed by atoms with E-state index in [0.717, 1.165) is 24.3 Å². The fourth-order valence-electron chi connectivity index (χ4n) is 3.60. The molecule has 1 heterocycles. The van der Waals surface area contributed by atoms with Crippen LogP contribution in [-0.4, -0.2) is 43.0 Å². The van der Waals surface area contributed by atoms with Crippen LogP contribution in [0.2, 0.25) is 0 Å². The molecule has 2 aromatic rings. The molecule has 148 valence electrons. The molecule has 2 aromatic carbocycles. The summed E-state index contributed by atoms with van der Waals surface area (Å²) in [7, 11) is 3.08. The molecule has 0 atom stereocenters. The molecule has 1 aliphatic heterocycles. The van der Waals surface area contributed by atoms with Gasteiger partial charge in [-0.2, -0.15) is 0 Å². The summed E-state index contributed by atoms with van der Waals surface area (Å²) in [4.78, 5) is 27.5. The predicted molar refractivity (Wildman–Crippen MR) is 108 cm³/mol. The molecule has 3 rings (SSSR count). The Morgan fingerprint density at radius 2 is 1.89 bits per heavy atom. The highest BCUT2D eigenvalue weighted by atomic mass is 16.6. The Hall–Kier alpha value is -3.09. The number of hydrogen-bond donors (Lipinski definition) is 0. The summed E-state index contributed by atoms with van der Waals surface area (Å²) in [5.41, 5.74) is 2.28. The predicted octanol–water partition coefficient (Wildman–Crippen LogP) is 3.87. The molecule has 0 saturated carbocycles. The van der Waals surface area contributed by atoms with Gasteiger partial charge in [0.1, 0.15) is 0 Å². The van der Waals surface area contributed by atoms with E-state index in [9.17, 15) is 14.9 Å². The van der Waals surface area contributed by atoms with E-state index in [2.05, 4.69) is 11.0 Å². The van der Waals surface area contributed by atoms with Crippen LogP contribution >= 0.6 is 0 Å². The summed E-state index contributed by atoms with van der Waals surface area (Å²) in [6, 6.07) is 12.4. The van der Waals surface area contributed by atoms with Crippen molar-refractivity contribution in [2.45, 2.75) is 25.8 Å². The zero-order valence-corrected chi connectivity index (χ0v) is 16.3. The third kappa shape index (κ3) is 4.24. The monoisotopic (exact) mass is 383 g/mol. The molecule has 0 aliphatic carbocycles. The molecule has 0 radical (unpaired) electrons. The van der Waals surface area contributed by atoms with Crippen LogP contribution in [0.5, 0.6) is 5.75 Å². The first-order valence-corrected chi connectivity index (χ1v) is 9.42. The minimum Gasteiger partial charge on any atom is -0.490 e. The van der Waals surface area contributed by atoms with Gasteiger partial charge >= 0.3 is 5.69 Å². The molecule has 0 N–H and O–H groups in total. The highest BCUT2D eigenvalue weighted by molar-refractivity contribution is 5.95. The number of anilines is 1. The van der Waals surface area contributed by atoms with Crippen LogP contribution in [0.15, 0.2) is 42.5 Å². The Labute approximate surface area is 164 Å². The van der Waals surface area contributed by atoms with Crippen molar-refractivity contribution in [1.29, 1.82) is 0 Å². The maximum Gasteiger partial charge on any atom is 0.311 e. The molecule has 0 aromatic heterocycles. The van der Waals surface area contributed by atoms with Gasteiger partial charge in [-0.15, -0.1) is 0 Å². The summed E-state index contributed by atoms with van der Waals surface area (Å²) in [5, 5.41) is 11.2. The second-order valence-electron chi connectivity index (χ2n) is 6.98. The molecule has 0 unspecified atom stereocenters. The number of hydrogen-bond acceptors (Lipinski definition) is 5. The van der Waals surface area contributed by atoms with Crippen LogP contribution in [0, 0.1) is 10.1 Å². The van der Waals surface area contributed by atoms with Gasteiger partial charge in [0, 0.05) is 44.0 Å². The van der Waals surface area contributed by atoms with Crippen molar-refractivity contribution in [3.05, 3.63) is 63.7 Å². The SMILES string of the molecule is COc1ccc(C(=O)N(C)Cc2ccccc2N2CCCCC2)cc1[N+](=O)[O-]. The van der Waals surface area contributed by atoms with E-state index in [0.29, 0.717) is 6.54 Å². The second kappa shape index (κ2) is 8.73. The Kier molecular flexibility index (Phi) is 6.13. The molecule has 7 heteroatoms. The van der Waals surface area contributed by atoms with Gasteiger partial charge in [0.15, 0.2) is 5.75 Å². The van der Waals surface area contributed by atoms with Crippen molar-refractivity contribution < 1.29 is 14.5 Å². The lowest BCUT2D eigenvalue weighted by Gasteiger charge is -2.31. The van der Waals surface area contributed by atoms with Crippen LogP contribution in [-0.2, 0) is 6.54 Å². The molecule has 28 heavy (non-hydrogen) atoms. The number of benzene rings is 2. The average molecular weight is 383 g/mol. The molecule has 7 nitrogen and oxygen atoms in total. The first-order chi connectivity index (χ1) is 13.5. The number of nitro benzene ring substituents is 1. The molecule has 1 aliphatic rings. The average Bonchev–Trinajstić information content (AvgIpc) is 2.73. The number of amides is 1. The normalized spacial score (nSPS) is 13.9. The topological polar surface area (TPSA) is 75.9 Å². The van der Waals surface area contributed by atoms with Crippen molar-refractivity contribution in [1.82, 2.24) is 4.90 Å². The smallest absolute Gasteiger partial charge is 0.311 e. The van der Waals surface area contributed by atoms with E-state index in [4.69, 9.17) is 4.74 Å². The lowest BCUT2D eigenvalue weighted by Crippen LogP contribution is -2.32. The number of ether oxygens (including phenoxy) is 1. The van der Waals surface area contributed by atoms with Gasteiger partial charge in [-0.3, -0.25) is 14.9 Å². The number of piperidine rings is 1. The second-order valence-corrected chi connectivity index (χ2v) is 6.98. The fourth-order valence-corrected chi connectivity index (χ4v) is 3.60. The van der Waals surface area contributed by atoms with Crippen molar-refractivity contribution >= 4 is 17.3 Å². The van der Waals surface area contributed by atoms with Crippen molar-refractivity contribution in [3.63, 3.8) is 0 Å². The Balaban J connectivity index is 1.80. The first-order valence-electron chi connectivity index (χ1n) is 9.42. The van der Waals surface area contributed by atoms with E-state index >= 15 is 0 Å². The van der Waals surface area contributed by atoms with E-state index in [1.807, 2.05) is 18.2 Å². The van der Waals surface area contributed by atoms with Gasteiger partial charge in [0.05, 0.1) is 12.0 Å². The van der Waals surface area contributed by atoms with E-state index in [-0.39, 0.29) is 22.9 Å². The van der Waals surface area contributed by atoms with Crippen LogP contribution in [0.25, 0.3) is 0 Å². The maximum atomic E-state index is 12.9. The number of carbonyl (C=O) groups excluding carboxylic acids is 1. The highest BCUT2D eigenvalue weighted by Crippen LogP contribution is 2.29. The van der Waals surface area contributed by atoms with Crippen LogP contribution in [0.4, 0.5) is 11.4 Å². The summed E-state index contributed by atoms with van der Waals surface area (Å²) in [6.45, 7) is 2.49. The summed E-state index contributed by atoms with van der Waals surface area (Å²) in [6.07, 6.45) is 3.62. The van der Waals surface area contributed by atoms with Crippen LogP contribution in [0.1, 0.15) is 35.2 Å². The largest absolute Gasteiger partial charge is 0.490 e. The lowest BCUT2D eigenvalue weighted by molar-refractivity contribution is -0.385. The quantitative estimate of drug-likeness (QED) is 0.559. The Bertz CT molecular complexity index is 862. The molecule has 0 spiro atoms. The van der Waals surface area contributed by atoms with Gasteiger partial charge in [-0.05, 0) is 43.0 Å². The van der Waals surface area contributed by atoms with Gasteiger partial charge in [0.25, 0.3) is 5.91 Å². The molecule has 1 fully saturated rings. The zero-order chi connectivity index (χ0) is 20.1. The first kappa shape index (κ1) is 19.7. The number of carbonyl (C=O) groups is 1. The van der Waals surface area contributed by atoms with Gasteiger partial charge in [-0.1, -0.05) is 18.2 Å². The number of nitrogens with zero attached hydrogens (tertiary/aromatic N) is 3. The van der Waals surface area contributed by atoms with E-state index in [1.54, 1.807) is 18.0 Å². The minimum atomic E-state index is -0.540. The third-order valence-corrected chi connectivity index (χ3v) is 5.07. The van der Waals surface area contributed by atoms with E-state index in [1.165, 1.54) is 38.5 Å². The molecule has 1 amide bonds. The summed E-state index contributed by atoms with van der Waals surface area (Å²) >= 11 is 0. The summed E-state index contributed by atoms with van der Waals surface area (Å²) < 4.78 is 5.01. The third-order valence-electron chi connectivity index (χ3n) is 5.07. The zero-order valence-electron chi connectivity index (χ0n) is 16.3. The van der Waals surface area contributed by atoms with Gasteiger partial charge < -0.3 is 14.5 Å². The maximum absolute atomic E-state index is 12.9. The highest BCUT2D eigenvalue weighted by Gasteiger charge is 2.21. The lowest BCUT2D eigenvalue weighted by atomic mass is 10.1. The molecule has 1 saturated heterocycles. The van der Waals surface area contributed by atoms with Crippen molar-refractivity contribution in [3.8, 4) is 5.75 Å². The minimum absolute atomic E-state index is 0.139. The fraction of sp³-hybridized carbons (Fsp3) is 0.381. The molecule has 0 bridgehead atoms. The Morgan fingerprint density at radius 1 is 1.18 bits per heavy atom. The standard InChI is InChI=1S/C21H25N3O4/c1-22(21(25)16-10-11-20(28-2)19(14-16)24(26)27)15-17-8-4-5-9-18(17)23-12-6-3-7-13-23/h4-5,8-11,14H,3,6-7,12-13,15H2,1-2H3. The van der Waals surface area contributed by atoms with E-state index < -0.39 is 4.92 Å². The number of para-hydroxylation sites is 1.